The highest BCUT2D eigenvalue weighted by Gasteiger charge is 2.11. The summed E-state index contributed by atoms with van der Waals surface area (Å²) in [6, 6.07) is 9.64. The molecule has 0 aliphatic rings. The molecule has 5 heteroatoms. The van der Waals surface area contributed by atoms with Crippen LogP contribution in [0.15, 0.2) is 41.1 Å². The lowest BCUT2D eigenvalue weighted by atomic mass is 10.2. The summed E-state index contributed by atoms with van der Waals surface area (Å²) in [5, 5.41) is 7.77. The standard InChI is InChI=1S/C15H17ClN2OS/c1-18(9-12-6-7-20-11-12)10-15(19)17-8-13-4-2-3-5-14(13)16/h2-7,11H,8-10H2,1H3,(H,17,19)/p+1. The molecule has 20 heavy (non-hydrogen) atoms. The van der Waals surface area contributed by atoms with Gasteiger partial charge in [0.1, 0.15) is 6.54 Å². The zero-order valence-corrected chi connectivity index (χ0v) is 12.9. The molecule has 106 valence electrons. The van der Waals surface area contributed by atoms with Gasteiger partial charge in [0.25, 0.3) is 5.91 Å². The number of halogens is 1. The van der Waals surface area contributed by atoms with E-state index in [1.165, 1.54) is 10.5 Å². The number of carbonyl (C=O) groups excluding carboxylic acids is 1. The van der Waals surface area contributed by atoms with Gasteiger partial charge in [0.2, 0.25) is 0 Å². The number of quaternary nitrogens is 1. The molecular weight excluding hydrogens is 292 g/mol. The zero-order chi connectivity index (χ0) is 14.4. The van der Waals surface area contributed by atoms with Gasteiger partial charge in [-0.3, -0.25) is 4.79 Å². The molecule has 2 rings (SSSR count). The number of carbonyl (C=O) groups is 1. The summed E-state index contributed by atoms with van der Waals surface area (Å²) in [5.74, 6) is 0.0395. The van der Waals surface area contributed by atoms with Crippen LogP contribution in [0, 0.1) is 0 Å². The van der Waals surface area contributed by atoms with Gasteiger partial charge >= 0.3 is 0 Å². The fraction of sp³-hybridized carbons (Fsp3) is 0.267. The number of benzene rings is 1. The lowest BCUT2D eigenvalue weighted by molar-refractivity contribution is -0.885. The topological polar surface area (TPSA) is 33.5 Å². The van der Waals surface area contributed by atoms with E-state index in [2.05, 4.69) is 22.1 Å². The van der Waals surface area contributed by atoms with Crippen LogP contribution in [-0.4, -0.2) is 19.5 Å². The Hall–Kier alpha value is -1.36. The molecule has 1 atom stereocenters. The molecule has 0 aliphatic carbocycles. The molecule has 0 fully saturated rings. The van der Waals surface area contributed by atoms with E-state index in [-0.39, 0.29) is 5.91 Å². The molecular formula is C15H18ClN2OS+. The Bertz CT molecular complexity index is 557. The van der Waals surface area contributed by atoms with E-state index in [9.17, 15) is 4.79 Å². The van der Waals surface area contributed by atoms with Gasteiger partial charge in [-0.1, -0.05) is 29.8 Å². The van der Waals surface area contributed by atoms with Gasteiger partial charge in [0, 0.05) is 17.1 Å². The van der Waals surface area contributed by atoms with Crippen molar-refractivity contribution in [3.63, 3.8) is 0 Å². The summed E-state index contributed by atoms with van der Waals surface area (Å²) < 4.78 is 0. The first-order valence-electron chi connectivity index (χ1n) is 6.47. The number of hydrogen-bond acceptors (Lipinski definition) is 2. The Labute approximate surface area is 128 Å². The predicted octanol–water partition coefficient (Wildman–Crippen LogP) is 1.73. The van der Waals surface area contributed by atoms with Gasteiger partial charge in [-0.05, 0) is 28.5 Å². The highest BCUT2D eigenvalue weighted by molar-refractivity contribution is 7.07. The molecule has 1 aromatic carbocycles. The van der Waals surface area contributed by atoms with Crippen LogP contribution in [0.4, 0.5) is 0 Å². The maximum Gasteiger partial charge on any atom is 0.275 e. The summed E-state index contributed by atoms with van der Waals surface area (Å²) >= 11 is 7.73. The Morgan fingerprint density at radius 1 is 1.35 bits per heavy atom. The van der Waals surface area contributed by atoms with Crippen LogP contribution in [0.5, 0.6) is 0 Å². The Morgan fingerprint density at radius 2 is 2.15 bits per heavy atom. The van der Waals surface area contributed by atoms with Gasteiger partial charge in [0.15, 0.2) is 6.54 Å². The third-order valence-electron chi connectivity index (χ3n) is 2.98. The fourth-order valence-electron chi connectivity index (χ4n) is 1.98. The van der Waals surface area contributed by atoms with Crippen LogP contribution in [0.2, 0.25) is 5.02 Å². The Morgan fingerprint density at radius 3 is 2.85 bits per heavy atom. The first kappa shape index (κ1) is 15.0. The minimum Gasteiger partial charge on any atom is -0.347 e. The maximum atomic E-state index is 11.9. The lowest BCUT2D eigenvalue weighted by Crippen LogP contribution is -3.08. The van der Waals surface area contributed by atoms with E-state index >= 15 is 0 Å². The quantitative estimate of drug-likeness (QED) is 0.837. The molecule has 0 aliphatic heterocycles. The third kappa shape index (κ3) is 4.63. The first-order chi connectivity index (χ1) is 9.65. The minimum atomic E-state index is 0.0395. The van der Waals surface area contributed by atoms with Crippen molar-refractivity contribution in [2.24, 2.45) is 0 Å². The highest BCUT2D eigenvalue weighted by Crippen LogP contribution is 2.14. The molecule has 2 N–H and O–H groups in total. The zero-order valence-electron chi connectivity index (χ0n) is 11.4. The second kappa shape index (κ2) is 7.43. The van der Waals surface area contributed by atoms with Crippen molar-refractivity contribution in [2.45, 2.75) is 13.1 Å². The summed E-state index contributed by atoms with van der Waals surface area (Å²) in [6.07, 6.45) is 0. The molecule has 1 heterocycles. The van der Waals surface area contributed by atoms with Gasteiger partial charge in [0.05, 0.1) is 7.05 Å². The molecule has 1 aromatic heterocycles. The number of likely N-dealkylation sites (N-methyl/N-ethyl adjacent to an activating group) is 1. The fourth-order valence-corrected chi connectivity index (χ4v) is 2.85. The predicted molar refractivity (Wildman–Crippen MR) is 83.1 cm³/mol. The molecule has 3 nitrogen and oxygen atoms in total. The molecule has 0 spiro atoms. The summed E-state index contributed by atoms with van der Waals surface area (Å²) in [5.41, 5.74) is 2.21. The summed E-state index contributed by atoms with van der Waals surface area (Å²) in [6.45, 7) is 1.80. The number of rotatable bonds is 6. The van der Waals surface area contributed by atoms with Crippen molar-refractivity contribution < 1.29 is 9.69 Å². The van der Waals surface area contributed by atoms with Gasteiger partial charge in [-0.25, -0.2) is 0 Å². The first-order valence-corrected chi connectivity index (χ1v) is 7.79. The molecule has 1 amide bonds. The molecule has 1 unspecified atom stereocenters. The third-order valence-corrected chi connectivity index (χ3v) is 4.08. The van der Waals surface area contributed by atoms with E-state index < -0.39 is 0 Å². The van der Waals surface area contributed by atoms with Crippen LogP contribution in [0.1, 0.15) is 11.1 Å². The van der Waals surface area contributed by atoms with E-state index in [1.807, 2.05) is 31.3 Å². The summed E-state index contributed by atoms with van der Waals surface area (Å²) in [4.78, 5) is 13.1. The van der Waals surface area contributed by atoms with Crippen molar-refractivity contribution in [3.8, 4) is 0 Å². The Balaban J connectivity index is 1.76. The maximum absolute atomic E-state index is 11.9. The SMILES string of the molecule is C[NH+](CC(=O)NCc1ccccc1Cl)Cc1ccsc1. The van der Waals surface area contributed by atoms with Gasteiger partial charge in [-0.2, -0.15) is 11.3 Å². The van der Waals surface area contributed by atoms with Gasteiger partial charge < -0.3 is 10.2 Å². The van der Waals surface area contributed by atoms with Crippen LogP contribution in [-0.2, 0) is 17.9 Å². The Kier molecular flexibility index (Phi) is 5.59. The van der Waals surface area contributed by atoms with Crippen LogP contribution in [0.25, 0.3) is 0 Å². The largest absolute Gasteiger partial charge is 0.347 e. The minimum absolute atomic E-state index is 0.0395. The smallest absolute Gasteiger partial charge is 0.275 e. The lowest BCUT2D eigenvalue weighted by Gasteiger charge is -2.13. The highest BCUT2D eigenvalue weighted by atomic mass is 35.5. The molecule has 0 radical (unpaired) electrons. The second-order valence-corrected chi connectivity index (χ2v) is 6.00. The van der Waals surface area contributed by atoms with Crippen molar-refractivity contribution in [2.75, 3.05) is 13.6 Å². The monoisotopic (exact) mass is 309 g/mol. The van der Waals surface area contributed by atoms with Crippen LogP contribution < -0.4 is 10.2 Å². The molecule has 0 saturated carbocycles. The average molecular weight is 310 g/mol. The molecule has 0 bridgehead atoms. The van der Waals surface area contributed by atoms with Crippen molar-refractivity contribution in [1.29, 1.82) is 0 Å². The number of thiophene rings is 1. The number of amides is 1. The summed E-state index contributed by atoms with van der Waals surface area (Å²) in [7, 11) is 2.02. The average Bonchev–Trinajstić information content (AvgIpc) is 2.90. The van der Waals surface area contributed by atoms with Crippen molar-refractivity contribution in [3.05, 3.63) is 57.2 Å². The number of nitrogens with one attached hydrogen (secondary N) is 2. The van der Waals surface area contributed by atoms with E-state index in [0.29, 0.717) is 18.1 Å². The van der Waals surface area contributed by atoms with Crippen LogP contribution >= 0.6 is 22.9 Å². The number of hydrogen-bond donors (Lipinski definition) is 2. The van der Waals surface area contributed by atoms with E-state index in [4.69, 9.17) is 11.6 Å². The molecule has 0 saturated heterocycles. The van der Waals surface area contributed by atoms with Crippen molar-refractivity contribution in [1.82, 2.24) is 5.32 Å². The van der Waals surface area contributed by atoms with E-state index in [0.717, 1.165) is 12.1 Å². The second-order valence-electron chi connectivity index (χ2n) is 4.81. The van der Waals surface area contributed by atoms with E-state index in [1.54, 1.807) is 11.3 Å². The molecule has 2 aromatic rings. The van der Waals surface area contributed by atoms with Crippen molar-refractivity contribution >= 4 is 28.8 Å². The van der Waals surface area contributed by atoms with Crippen LogP contribution in [0.3, 0.4) is 0 Å². The normalized spacial score (nSPS) is 12.1. The van der Waals surface area contributed by atoms with Gasteiger partial charge in [-0.15, -0.1) is 0 Å².